The van der Waals surface area contributed by atoms with E-state index in [1.807, 2.05) is 0 Å². The van der Waals surface area contributed by atoms with Crippen LogP contribution in [-0.2, 0) is 9.53 Å². The fourth-order valence-corrected chi connectivity index (χ4v) is 3.05. The van der Waals surface area contributed by atoms with E-state index in [4.69, 9.17) is 9.47 Å². The average molecular weight is 422 g/mol. The lowest BCUT2D eigenvalue weighted by molar-refractivity contribution is -0.119. The van der Waals surface area contributed by atoms with Crippen LogP contribution in [0.2, 0.25) is 0 Å². The third-order valence-electron chi connectivity index (χ3n) is 3.29. The van der Waals surface area contributed by atoms with Crippen LogP contribution in [0, 0.1) is 0 Å². The highest BCUT2D eigenvalue weighted by Gasteiger charge is 2.15. The minimum absolute atomic E-state index is 0.276. The van der Waals surface area contributed by atoms with E-state index in [1.54, 1.807) is 30.3 Å². The number of hydrogen-bond acceptors (Lipinski definition) is 7. The number of carbonyl (C=O) groups is 2. The molecule has 1 amide bonds. The predicted octanol–water partition coefficient (Wildman–Crippen LogP) is 3.26. The molecule has 25 heavy (non-hydrogen) atoms. The van der Waals surface area contributed by atoms with Gasteiger partial charge in [0.2, 0.25) is 0 Å². The fourth-order valence-electron chi connectivity index (χ4n) is 2.09. The summed E-state index contributed by atoms with van der Waals surface area (Å²) in [6.07, 6.45) is 0. The van der Waals surface area contributed by atoms with Crippen LogP contribution in [0.4, 0.5) is 5.69 Å². The number of amides is 1. The molecule has 1 N–H and O–H groups in total. The quantitative estimate of drug-likeness (QED) is 0.635. The summed E-state index contributed by atoms with van der Waals surface area (Å²) in [5, 5.41) is 2.67. The smallest absolute Gasteiger partial charge is 0.339 e. The van der Waals surface area contributed by atoms with Gasteiger partial charge >= 0.3 is 5.97 Å². The van der Waals surface area contributed by atoms with Crippen LogP contribution < -0.4 is 10.1 Å². The number of carbonyl (C=O) groups excluding carboxylic acids is 2. The number of aromatic nitrogens is 2. The lowest BCUT2D eigenvalue weighted by Gasteiger charge is -2.09. The first-order chi connectivity index (χ1) is 12.1. The van der Waals surface area contributed by atoms with Crippen molar-refractivity contribution in [3.8, 4) is 5.75 Å². The lowest BCUT2D eigenvalue weighted by Crippen LogP contribution is -2.21. The number of fused-ring (bicyclic) bond motifs is 1. The molecule has 0 fully saturated rings. The van der Waals surface area contributed by atoms with Crippen molar-refractivity contribution >= 4 is 56.3 Å². The molecule has 3 rings (SSSR count). The van der Waals surface area contributed by atoms with Gasteiger partial charge in [-0.3, -0.25) is 4.79 Å². The number of halogens is 1. The molecule has 9 heteroatoms. The van der Waals surface area contributed by atoms with Crippen molar-refractivity contribution in [3.05, 3.63) is 46.4 Å². The van der Waals surface area contributed by atoms with Crippen molar-refractivity contribution in [1.82, 2.24) is 8.75 Å². The standard InChI is InChI=1S/C16H12BrN3O4S/c1-23-9-5-6-11(17)10(7-9)16(22)24-8-14(21)18-12-3-2-4-13-15(12)20-25-19-13/h2-7H,8H2,1H3,(H,18,21). The Kier molecular flexibility index (Phi) is 5.25. The molecule has 0 aliphatic heterocycles. The fraction of sp³-hybridized carbons (Fsp3) is 0.125. The monoisotopic (exact) mass is 421 g/mol. The Morgan fingerprint density at radius 3 is 2.88 bits per heavy atom. The molecular formula is C16H12BrN3O4S. The van der Waals surface area contributed by atoms with Crippen molar-refractivity contribution in [3.63, 3.8) is 0 Å². The highest BCUT2D eigenvalue weighted by molar-refractivity contribution is 9.10. The zero-order valence-corrected chi connectivity index (χ0v) is 15.4. The van der Waals surface area contributed by atoms with Gasteiger partial charge in [-0.05, 0) is 46.3 Å². The van der Waals surface area contributed by atoms with Crippen molar-refractivity contribution in [2.45, 2.75) is 0 Å². The summed E-state index contributed by atoms with van der Waals surface area (Å²) in [7, 11) is 1.50. The largest absolute Gasteiger partial charge is 0.497 e. The van der Waals surface area contributed by atoms with Gasteiger partial charge in [0, 0.05) is 4.47 Å². The number of methoxy groups -OCH3 is 1. The Labute approximate surface area is 155 Å². The van der Waals surface area contributed by atoms with Crippen LogP contribution in [0.15, 0.2) is 40.9 Å². The molecule has 2 aromatic carbocycles. The van der Waals surface area contributed by atoms with Crippen LogP contribution >= 0.6 is 27.7 Å². The minimum atomic E-state index is -0.630. The molecule has 7 nitrogen and oxygen atoms in total. The van der Waals surface area contributed by atoms with Gasteiger partial charge in [0.15, 0.2) is 6.61 Å². The first kappa shape index (κ1) is 17.3. The van der Waals surface area contributed by atoms with Gasteiger partial charge in [-0.25, -0.2) is 4.79 Å². The summed E-state index contributed by atoms with van der Waals surface area (Å²) in [6.45, 7) is -0.420. The summed E-state index contributed by atoms with van der Waals surface area (Å²) in [5.41, 5.74) is 2.09. The molecule has 0 unspecified atom stereocenters. The maximum Gasteiger partial charge on any atom is 0.339 e. The van der Waals surface area contributed by atoms with Gasteiger partial charge in [0.05, 0.1) is 30.1 Å². The molecule has 1 heterocycles. The minimum Gasteiger partial charge on any atom is -0.497 e. The zero-order chi connectivity index (χ0) is 17.8. The van der Waals surface area contributed by atoms with Gasteiger partial charge in [0.1, 0.15) is 16.8 Å². The van der Waals surface area contributed by atoms with Crippen molar-refractivity contribution in [1.29, 1.82) is 0 Å². The van der Waals surface area contributed by atoms with E-state index in [0.29, 0.717) is 26.9 Å². The first-order valence-corrected chi connectivity index (χ1v) is 8.62. The van der Waals surface area contributed by atoms with Crippen molar-refractivity contribution in [2.24, 2.45) is 0 Å². The van der Waals surface area contributed by atoms with Crippen LogP contribution in [0.5, 0.6) is 5.75 Å². The summed E-state index contributed by atoms with van der Waals surface area (Å²) >= 11 is 4.33. The van der Waals surface area contributed by atoms with Crippen molar-refractivity contribution < 1.29 is 19.1 Å². The molecule has 0 radical (unpaired) electrons. The number of rotatable bonds is 5. The van der Waals surface area contributed by atoms with Gasteiger partial charge in [-0.1, -0.05) is 6.07 Å². The van der Waals surface area contributed by atoms with E-state index in [2.05, 4.69) is 30.0 Å². The van der Waals surface area contributed by atoms with Crippen molar-refractivity contribution in [2.75, 3.05) is 19.0 Å². The van der Waals surface area contributed by atoms with Crippen LogP contribution in [-0.4, -0.2) is 34.3 Å². The molecule has 0 atom stereocenters. The molecule has 0 aliphatic rings. The maximum absolute atomic E-state index is 12.2. The Bertz CT molecular complexity index is 944. The summed E-state index contributed by atoms with van der Waals surface area (Å²) in [6, 6.07) is 10.2. The summed E-state index contributed by atoms with van der Waals surface area (Å²) < 4.78 is 18.9. The third kappa shape index (κ3) is 3.94. The highest BCUT2D eigenvalue weighted by Crippen LogP contribution is 2.23. The number of benzene rings is 2. The zero-order valence-electron chi connectivity index (χ0n) is 13.0. The summed E-state index contributed by atoms with van der Waals surface area (Å²) in [5.74, 6) is -0.579. The van der Waals surface area contributed by atoms with E-state index < -0.39 is 18.5 Å². The SMILES string of the molecule is COc1ccc(Br)c(C(=O)OCC(=O)Nc2cccc3nsnc23)c1. The second-order valence-electron chi connectivity index (χ2n) is 4.91. The molecule has 0 aliphatic carbocycles. The molecule has 128 valence electrons. The van der Waals surface area contributed by atoms with Gasteiger partial charge in [-0.15, -0.1) is 0 Å². The van der Waals surface area contributed by atoms with Gasteiger partial charge < -0.3 is 14.8 Å². The Balaban J connectivity index is 1.64. The van der Waals surface area contributed by atoms with E-state index in [1.165, 1.54) is 13.2 Å². The van der Waals surface area contributed by atoms with E-state index in [-0.39, 0.29) is 5.56 Å². The summed E-state index contributed by atoms with van der Waals surface area (Å²) in [4.78, 5) is 24.2. The highest BCUT2D eigenvalue weighted by atomic mass is 79.9. The Morgan fingerprint density at radius 2 is 2.08 bits per heavy atom. The number of anilines is 1. The molecule has 1 aromatic heterocycles. The number of hydrogen-bond donors (Lipinski definition) is 1. The topological polar surface area (TPSA) is 90.4 Å². The van der Waals surface area contributed by atoms with E-state index in [0.717, 1.165) is 11.7 Å². The second-order valence-corrected chi connectivity index (χ2v) is 6.29. The molecule has 3 aromatic rings. The van der Waals surface area contributed by atoms with E-state index >= 15 is 0 Å². The predicted molar refractivity (Wildman–Crippen MR) is 97.0 cm³/mol. The molecule has 0 saturated heterocycles. The molecule has 0 bridgehead atoms. The molecule has 0 saturated carbocycles. The number of nitrogens with zero attached hydrogens (tertiary/aromatic N) is 2. The van der Waals surface area contributed by atoms with Crippen LogP contribution in [0.1, 0.15) is 10.4 Å². The number of nitrogens with one attached hydrogen (secondary N) is 1. The normalized spacial score (nSPS) is 10.5. The van der Waals surface area contributed by atoms with Gasteiger partial charge in [0.25, 0.3) is 5.91 Å². The third-order valence-corrected chi connectivity index (χ3v) is 4.52. The Hall–Kier alpha value is -2.52. The molecule has 0 spiro atoms. The first-order valence-electron chi connectivity index (χ1n) is 7.10. The molecular weight excluding hydrogens is 410 g/mol. The number of ether oxygens (including phenoxy) is 2. The van der Waals surface area contributed by atoms with Gasteiger partial charge in [-0.2, -0.15) is 8.75 Å². The second kappa shape index (κ2) is 7.58. The lowest BCUT2D eigenvalue weighted by atomic mass is 10.2. The van der Waals surface area contributed by atoms with Crippen LogP contribution in [0.3, 0.4) is 0 Å². The average Bonchev–Trinajstić information content (AvgIpc) is 3.10. The Morgan fingerprint density at radius 1 is 1.24 bits per heavy atom. The number of esters is 1. The van der Waals surface area contributed by atoms with E-state index in [9.17, 15) is 9.59 Å². The van der Waals surface area contributed by atoms with Crippen LogP contribution in [0.25, 0.3) is 11.0 Å². The maximum atomic E-state index is 12.2.